The van der Waals surface area contributed by atoms with Crippen LogP contribution in [-0.4, -0.2) is 58.2 Å². The summed E-state index contributed by atoms with van der Waals surface area (Å²) < 4.78 is 49.2. The van der Waals surface area contributed by atoms with Gasteiger partial charge >= 0.3 is 0 Å². The van der Waals surface area contributed by atoms with Gasteiger partial charge in [0.05, 0.1) is 21.2 Å². The third-order valence-electron chi connectivity index (χ3n) is 3.66. The second-order valence-corrected chi connectivity index (χ2v) is 10.0. The minimum atomic E-state index is -3.72. The molecule has 25 heavy (non-hydrogen) atoms. The first-order valence-corrected chi connectivity index (χ1v) is 11.5. The van der Waals surface area contributed by atoms with Crippen molar-refractivity contribution in [3.05, 3.63) is 28.8 Å². The fourth-order valence-electron chi connectivity index (χ4n) is 2.11. The Kier molecular flexibility index (Phi) is 7.86. The quantitative estimate of drug-likeness (QED) is 0.665. The molecule has 7 nitrogen and oxygen atoms in total. The lowest BCUT2D eigenvalue weighted by molar-refractivity contribution is 0.0956. The molecule has 0 aromatic heterocycles. The second kappa shape index (κ2) is 8.98. The summed E-state index contributed by atoms with van der Waals surface area (Å²) in [6.45, 7) is 5.50. The molecule has 0 aliphatic heterocycles. The van der Waals surface area contributed by atoms with E-state index in [4.69, 9.17) is 11.6 Å². The summed E-state index contributed by atoms with van der Waals surface area (Å²) in [7, 11) is -6.93. The Morgan fingerprint density at radius 2 is 1.72 bits per heavy atom. The molecule has 0 saturated heterocycles. The Bertz CT molecular complexity index is 818. The lowest BCUT2D eigenvalue weighted by atomic mass is 10.2. The number of rotatable bonds is 9. The summed E-state index contributed by atoms with van der Waals surface area (Å²) >= 11 is 6.00. The zero-order chi connectivity index (χ0) is 19.3. The number of benzene rings is 1. The van der Waals surface area contributed by atoms with Gasteiger partial charge in [0.2, 0.25) is 10.0 Å². The molecule has 0 bridgehead atoms. The number of carbonyl (C=O) groups excluding carboxylic acids is 1. The normalized spacial score (nSPS) is 12.4. The monoisotopic (exact) mass is 410 g/mol. The van der Waals surface area contributed by atoms with Crippen LogP contribution in [0.1, 0.15) is 31.1 Å². The number of sulfone groups is 1. The van der Waals surface area contributed by atoms with Gasteiger partial charge in [0, 0.05) is 25.4 Å². The molecule has 0 spiro atoms. The number of nitrogens with one attached hydrogen (secondary N) is 1. The molecule has 0 saturated carbocycles. The Morgan fingerprint density at radius 1 is 1.12 bits per heavy atom. The largest absolute Gasteiger partial charge is 0.351 e. The lowest BCUT2D eigenvalue weighted by Crippen LogP contribution is -2.32. The van der Waals surface area contributed by atoms with Crippen LogP contribution in [0.2, 0.25) is 5.02 Å². The summed E-state index contributed by atoms with van der Waals surface area (Å²) in [4.78, 5) is 12.2. The molecule has 1 aromatic rings. The van der Waals surface area contributed by atoms with Crippen LogP contribution < -0.4 is 5.32 Å². The summed E-state index contributed by atoms with van der Waals surface area (Å²) in [5.74, 6) is -0.821. The number of hydrogen-bond acceptors (Lipinski definition) is 5. The van der Waals surface area contributed by atoms with Gasteiger partial charge in [0.25, 0.3) is 5.91 Å². The molecular weight excluding hydrogens is 388 g/mol. The van der Waals surface area contributed by atoms with Gasteiger partial charge in [-0.1, -0.05) is 32.4 Å². The first-order valence-electron chi connectivity index (χ1n) is 7.87. The molecule has 0 fully saturated rings. The van der Waals surface area contributed by atoms with Gasteiger partial charge in [-0.3, -0.25) is 4.79 Å². The third-order valence-corrected chi connectivity index (χ3v) is 7.75. The van der Waals surface area contributed by atoms with Crippen molar-refractivity contribution in [1.82, 2.24) is 9.62 Å². The summed E-state index contributed by atoms with van der Waals surface area (Å²) in [6.07, 6.45) is 0. The number of sulfonamides is 1. The summed E-state index contributed by atoms with van der Waals surface area (Å²) in [5, 5.41) is 2.55. The second-order valence-electron chi connectivity index (χ2n) is 5.22. The molecule has 1 rings (SSSR count). The van der Waals surface area contributed by atoms with E-state index in [1.165, 1.54) is 29.4 Å². The van der Waals surface area contributed by atoms with Crippen molar-refractivity contribution < 1.29 is 21.6 Å². The van der Waals surface area contributed by atoms with E-state index < -0.39 is 25.8 Å². The zero-order valence-corrected chi connectivity index (χ0v) is 16.8. The van der Waals surface area contributed by atoms with Crippen LogP contribution in [0.3, 0.4) is 0 Å². The minimum absolute atomic E-state index is 0.0104. The fourth-order valence-corrected chi connectivity index (χ4v) is 4.50. The lowest BCUT2D eigenvalue weighted by Gasteiger charge is -2.19. The number of hydrogen-bond donors (Lipinski definition) is 1. The topological polar surface area (TPSA) is 101 Å². The molecule has 1 amide bonds. The molecule has 10 heteroatoms. The molecule has 142 valence electrons. The molecular formula is C15H23ClN2O5S2. The zero-order valence-electron chi connectivity index (χ0n) is 14.5. The Balaban J connectivity index is 3.04. The average Bonchev–Trinajstić information content (AvgIpc) is 2.55. The van der Waals surface area contributed by atoms with E-state index in [-0.39, 0.29) is 33.5 Å². The van der Waals surface area contributed by atoms with Crippen molar-refractivity contribution in [2.24, 2.45) is 0 Å². The van der Waals surface area contributed by atoms with E-state index in [0.29, 0.717) is 13.1 Å². The Hall–Kier alpha value is -1.16. The predicted molar refractivity (Wildman–Crippen MR) is 98.2 cm³/mol. The number of nitrogens with zero attached hydrogens (tertiary/aromatic N) is 1. The van der Waals surface area contributed by atoms with Crippen molar-refractivity contribution >= 4 is 37.4 Å². The van der Waals surface area contributed by atoms with Crippen LogP contribution in [0.15, 0.2) is 23.1 Å². The number of carbonyl (C=O) groups is 1. The van der Waals surface area contributed by atoms with Gasteiger partial charge in [-0.05, 0) is 18.2 Å². The van der Waals surface area contributed by atoms with Crippen molar-refractivity contribution in [1.29, 1.82) is 0 Å². The summed E-state index contributed by atoms with van der Waals surface area (Å²) in [5.41, 5.74) is -0.0104. The smallest absolute Gasteiger partial charge is 0.252 e. The molecule has 0 atom stereocenters. The Morgan fingerprint density at radius 3 is 2.24 bits per heavy atom. The molecule has 1 aromatic carbocycles. The Labute approximate surface area is 154 Å². The van der Waals surface area contributed by atoms with Crippen LogP contribution in [0.5, 0.6) is 0 Å². The number of halogens is 1. The third kappa shape index (κ3) is 5.67. The maximum atomic E-state index is 12.5. The van der Waals surface area contributed by atoms with Gasteiger partial charge in [0.1, 0.15) is 0 Å². The standard InChI is InChI=1S/C15H23ClN2O5S2/c1-4-18(5-2)25(22,23)12-7-8-14(16)13(11-12)15(19)17-9-10-24(20,21)6-3/h7-8,11H,4-6,9-10H2,1-3H3,(H,17,19). The van der Waals surface area contributed by atoms with E-state index in [1.54, 1.807) is 13.8 Å². The minimum Gasteiger partial charge on any atom is -0.351 e. The van der Waals surface area contributed by atoms with Crippen LogP contribution in [0.4, 0.5) is 0 Å². The molecule has 0 unspecified atom stereocenters. The van der Waals surface area contributed by atoms with Crippen LogP contribution >= 0.6 is 11.6 Å². The molecule has 0 aliphatic carbocycles. The van der Waals surface area contributed by atoms with E-state index >= 15 is 0 Å². The van der Waals surface area contributed by atoms with E-state index in [9.17, 15) is 21.6 Å². The van der Waals surface area contributed by atoms with Crippen molar-refractivity contribution in [3.63, 3.8) is 0 Å². The van der Waals surface area contributed by atoms with E-state index in [1.807, 2.05) is 0 Å². The van der Waals surface area contributed by atoms with E-state index in [2.05, 4.69) is 5.32 Å². The highest BCUT2D eigenvalue weighted by Gasteiger charge is 2.24. The predicted octanol–water partition coefficient (Wildman–Crippen LogP) is 1.53. The first-order chi connectivity index (χ1) is 11.6. The maximum Gasteiger partial charge on any atom is 0.252 e. The highest BCUT2D eigenvalue weighted by molar-refractivity contribution is 7.91. The van der Waals surface area contributed by atoms with Gasteiger partial charge in [0.15, 0.2) is 9.84 Å². The van der Waals surface area contributed by atoms with Gasteiger partial charge in [-0.25, -0.2) is 16.8 Å². The molecule has 0 heterocycles. The van der Waals surface area contributed by atoms with Gasteiger partial charge in [-0.15, -0.1) is 0 Å². The van der Waals surface area contributed by atoms with Crippen LogP contribution in [0, 0.1) is 0 Å². The average molecular weight is 411 g/mol. The SMILES string of the molecule is CCN(CC)S(=O)(=O)c1ccc(Cl)c(C(=O)NCCS(=O)(=O)CC)c1. The van der Waals surface area contributed by atoms with Crippen molar-refractivity contribution in [2.45, 2.75) is 25.7 Å². The summed E-state index contributed by atoms with van der Waals surface area (Å²) in [6, 6.07) is 3.89. The van der Waals surface area contributed by atoms with E-state index in [0.717, 1.165) is 0 Å². The highest BCUT2D eigenvalue weighted by atomic mass is 35.5. The van der Waals surface area contributed by atoms with Crippen LogP contribution in [-0.2, 0) is 19.9 Å². The fraction of sp³-hybridized carbons (Fsp3) is 0.533. The highest BCUT2D eigenvalue weighted by Crippen LogP contribution is 2.23. The molecule has 0 radical (unpaired) electrons. The molecule has 1 N–H and O–H groups in total. The first kappa shape index (κ1) is 21.9. The van der Waals surface area contributed by atoms with Crippen molar-refractivity contribution in [2.75, 3.05) is 31.1 Å². The maximum absolute atomic E-state index is 12.5. The number of amides is 1. The van der Waals surface area contributed by atoms with Crippen LogP contribution in [0.25, 0.3) is 0 Å². The van der Waals surface area contributed by atoms with Crippen molar-refractivity contribution in [3.8, 4) is 0 Å². The molecule has 0 aliphatic rings. The van der Waals surface area contributed by atoms with Gasteiger partial charge in [-0.2, -0.15) is 4.31 Å². The van der Waals surface area contributed by atoms with Gasteiger partial charge < -0.3 is 5.32 Å².